The van der Waals surface area contributed by atoms with Gasteiger partial charge in [-0.3, -0.25) is 4.79 Å². The van der Waals surface area contributed by atoms with Crippen LogP contribution in [0.3, 0.4) is 0 Å². The van der Waals surface area contributed by atoms with Crippen LogP contribution in [0.1, 0.15) is 49.3 Å². The molecule has 7 heteroatoms. The van der Waals surface area contributed by atoms with Gasteiger partial charge in [0.15, 0.2) is 5.82 Å². The number of hydrogen-bond acceptors (Lipinski definition) is 5. The van der Waals surface area contributed by atoms with Gasteiger partial charge in [0.05, 0.1) is 6.04 Å². The minimum absolute atomic E-state index is 0.0278. The molecule has 22 heavy (non-hydrogen) atoms. The molecule has 0 bridgehead atoms. The lowest BCUT2D eigenvalue weighted by molar-refractivity contribution is -0.132. The van der Waals surface area contributed by atoms with Crippen molar-refractivity contribution in [2.24, 2.45) is 0 Å². The van der Waals surface area contributed by atoms with E-state index in [4.69, 9.17) is 4.52 Å². The topological polar surface area (TPSA) is 77.1 Å². The fraction of sp³-hybridized carbons (Fsp3) is 0.600. The quantitative estimate of drug-likeness (QED) is 0.844. The van der Waals surface area contributed by atoms with E-state index in [1.165, 1.54) is 0 Å². The summed E-state index contributed by atoms with van der Waals surface area (Å²) in [5, 5.41) is 3.97. The van der Waals surface area contributed by atoms with E-state index >= 15 is 0 Å². The van der Waals surface area contributed by atoms with Crippen LogP contribution >= 0.6 is 0 Å². The Kier molecular flexibility index (Phi) is 4.22. The Morgan fingerprint density at radius 2 is 2.32 bits per heavy atom. The summed E-state index contributed by atoms with van der Waals surface area (Å²) < 4.78 is 7.11. The smallest absolute Gasteiger partial charge is 0.223 e. The number of carbonyl (C=O) groups is 1. The highest BCUT2D eigenvalue weighted by atomic mass is 16.5. The van der Waals surface area contributed by atoms with E-state index in [2.05, 4.69) is 19.7 Å². The lowest BCUT2D eigenvalue weighted by Crippen LogP contribution is -2.31. The van der Waals surface area contributed by atoms with Crippen molar-refractivity contribution in [3.05, 3.63) is 29.9 Å². The van der Waals surface area contributed by atoms with Crippen LogP contribution in [0.4, 0.5) is 0 Å². The van der Waals surface area contributed by atoms with Crippen LogP contribution in [0.25, 0.3) is 0 Å². The Hall–Kier alpha value is -2.18. The van der Waals surface area contributed by atoms with Gasteiger partial charge in [0, 0.05) is 38.8 Å². The molecule has 0 aliphatic carbocycles. The van der Waals surface area contributed by atoms with Crippen LogP contribution in [0.15, 0.2) is 16.9 Å². The van der Waals surface area contributed by atoms with Gasteiger partial charge < -0.3 is 14.0 Å². The molecule has 0 radical (unpaired) electrons. The maximum absolute atomic E-state index is 12.5. The second-order valence-electron chi connectivity index (χ2n) is 5.69. The van der Waals surface area contributed by atoms with E-state index in [-0.39, 0.29) is 11.9 Å². The number of aryl methyl sites for hydroxylation is 3. The Morgan fingerprint density at radius 3 is 3.00 bits per heavy atom. The molecule has 0 spiro atoms. The summed E-state index contributed by atoms with van der Waals surface area (Å²) in [5.41, 5.74) is 0. The molecular weight excluding hydrogens is 282 g/mol. The molecule has 0 saturated carbocycles. The maximum atomic E-state index is 12.5. The van der Waals surface area contributed by atoms with Crippen molar-refractivity contribution in [1.82, 2.24) is 24.6 Å². The Morgan fingerprint density at radius 1 is 1.45 bits per heavy atom. The second-order valence-corrected chi connectivity index (χ2v) is 5.69. The molecule has 1 fully saturated rings. The van der Waals surface area contributed by atoms with Crippen molar-refractivity contribution < 1.29 is 9.32 Å². The average molecular weight is 303 g/mol. The van der Waals surface area contributed by atoms with Gasteiger partial charge in [0.2, 0.25) is 11.8 Å². The van der Waals surface area contributed by atoms with E-state index in [0.29, 0.717) is 18.1 Å². The van der Waals surface area contributed by atoms with Crippen molar-refractivity contribution >= 4 is 5.91 Å². The SMILES string of the molecule is Cc1nc(C2CCCN2C(=O)CCCn2ccnc2C)no1. The Balaban J connectivity index is 1.56. The highest BCUT2D eigenvalue weighted by Gasteiger charge is 2.32. The van der Waals surface area contributed by atoms with E-state index < -0.39 is 0 Å². The maximum Gasteiger partial charge on any atom is 0.223 e. The predicted octanol–water partition coefficient (Wildman–Crippen LogP) is 2.03. The molecule has 2 aromatic heterocycles. The van der Waals surface area contributed by atoms with Gasteiger partial charge in [0.25, 0.3) is 0 Å². The van der Waals surface area contributed by atoms with Gasteiger partial charge in [-0.15, -0.1) is 0 Å². The number of hydrogen-bond donors (Lipinski definition) is 0. The molecule has 118 valence electrons. The van der Waals surface area contributed by atoms with Crippen LogP contribution in [-0.4, -0.2) is 37.0 Å². The lowest BCUT2D eigenvalue weighted by atomic mass is 10.2. The van der Waals surface area contributed by atoms with Gasteiger partial charge in [0.1, 0.15) is 5.82 Å². The van der Waals surface area contributed by atoms with Crippen molar-refractivity contribution in [2.75, 3.05) is 6.54 Å². The van der Waals surface area contributed by atoms with Crippen LogP contribution in [0.2, 0.25) is 0 Å². The van der Waals surface area contributed by atoms with Gasteiger partial charge in [-0.1, -0.05) is 5.16 Å². The highest BCUT2D eigenvalue weighted by Crippen LogP contribution is 2.30. The lowest BCUT2D eigenvalue weighted by Gasteiger charge is -2.22. The second kappa shape index (κ2) is 6.29. The van der Waals surface area contributed by atoms with Gasteiger partial charge in [-0.05, 0) is 26.2 Å². The molecule has 3 heterocycles. The summed E-state index contributed by atoms with van der Waals surface area (Å²) in [6.45, 7) is 5.33. The van der Waals surface area contributed by atoms with Crippen molar-refractivity contribution in [3.8, 4) is 0 Å². The first-order chi connectivity index (χ1) is 10.6. The number of imidazole rings is 1. The van der Waals surface area contributed by atoms with E-state index in [0.717, 1.165) is 38.2 Å². The molecule has 1 unspecified atom stereocenters. The van der Waals surface area contributed by atoms with Gasteiger partial charge in [-0.2, -0.15) is 4.98 Å². The summed E-state index contributed by atoms with van der Waals surface area (Å²) in [6.07, 6.45) is 6.97. The molecule has 0 aromatic carbocycles. The largest absolute Gasteiger partial charge is 0.340 e. The molecule has 0 N–H and O–H groups in total. The van der Waals surface area contributed by atoms with Gasteiger partial charge >= 0.3 is 0 Å². The Labute approximate surface area is 129 Å². The fourth-order valence-corrected chi connectivity index (χ4v) is 2.97. The van der Waals surface area contributed by atoms with Crippen LogP contribution in [0.5, 0.6) is 0 Å². The molecule has 1 saturated heterocycles. The zero-order chi connectivity index (χ0) is 15.5. The number of likely N-dealkylation sites (tertiary alicyclic amines) is 1. The minimum atomic E-state index is -0.0278. The van der Waals surface area contributed by atoms with Crippen molar-refractivity contribution in [3.63, 3.8) is 0 Å². The normalized spacial score (nSPS) is 18.1. The molecular formula is C15H21N5O2. The van der Waals surface area contributed by atoms with E-state index in [9.17, 15) is 4.79 Å². The third-order valence-electron chi connectivity index (χ3n) is 4.13. The number of amides is 1. The Bertz CT molecular complexity index is 648. The van der Waals surface area contributed by atoms with Crippen LogP contribution < -0.4 is 0 Å². The first-order valence-electron chi connectivity index (χ1n) is 7.72. The molecule has 1 aliphatic heterocycles. The standard InChI is InChI=1S/C15H21N5O2/c1-11-16-7-10-19(11)8-4-6-14(21)20-9-3-5-13(20)15-17-12(2)22-18-15/h7,10,13H,3-6,8-9H2,1-2H3. The molecule has 7 nitrogen and oxygen atoms in total. The third kappa shape index (κ3) is 3.03. The first kappa shape index (κ1) is 14.7. The molecule has 1 aliphatic rings. The highest BCUT2D eigenvalue weighted by molar-refractivity contribution is 5.76. The third-order valence-corrected chi connectivity index (χ3v) is 4.13. The zero-order valence-corrected chi connectivity index (χ0v) is 13.0. The van der Waals surface area contributed by atoms with Crippen molar-refractivity contribution in [2.45, 2.75) is 52.1 Å². The average Bonchev–Trinajstić information content (AvgIpc) is 3.20. The minimum Gasteiger partial charge on any atom is -0.340 e. The monoisotopic (exact) mass is 303 g/mol. The number of rotatable bonds is 5. The zero-order valence-electron chi connectivity index (χ0n) is 13.0. The van der Waals surface area contributed by atoms with Crippen LogP contribution in [0, 0.1) is 13.8 Å². The van der Waals surface area contributed by atoms with E-state index in [1.807, 2.05) is 18.0 Å². The molecule has 1 amide bonds. The number of aromatic nitrogens is 4. The fourth-order valence-electron chi connectivity index (χ4n) is 2.97. The summed E-state index contributed by atoms with van der Waals surface area (Å²) in [7, 11) is 0. The molecule has 1 atom stereocenters. The molecule has 2 aromatic rings. The summed E-state index contributed by atoms with van der Waals surface area (Å²) in [6, 6.07) is -0.0278. The predicted molar refractivity (Wildman–Crippen MR) is 78.9 cm³/mol. The summed E-state index contributed by atoms with van der Waals surface area (Å²) in [4.78, 5) is 22.8. The van der Waals surface area contributed by atoms with Gasteiger partial charge in [-0.25, -0.2) is 4.98 Å². The van der Waals surface area contributed by atoms with Crippen LogP contribution in [-0.2, 0) is 11.3 Å². The number of nitrogens with zero attached hydrogens (tertiary/aromatic N) is 5. The van der Waals surface area contributed by atoms with E-state index in [1.54, 1.807) is 13.1 Å². The molecule has 3 rings (SSSR count). The summed E-state index contributed by atoms with van der Waals surface area (Å²) >= 11 is 0. The first-order valence-corrected chi connectivity index (χ1v) is 7.72. The summed E-state index contributed by atoms with van der Waals surface area (Å²) in [5.74, 6) is 2.33. The number of carbonyl (C=O) groups excluding carboxylic acids is 1. The van der Waals surface area contributed by atoms with Crippen molar-refractivity contribution in [1.29, 1.82) is 0 Å².